The number of nitrogens with zero attached hydrogens (tertiary/aromatic N) is 3. The molecule has 1 fully saturated rings. The van der Waals surface area contributed by atoms with Gasteiger partial charge in [0.1, 0.15) is 5.69 Å². The number of rotatable bonds is 4. The summed E-state index contributed by atoms with van der Waals surface area (Å²) < 4.78 is 1.70. The summed E-state index contributed by atoms with van der Waals surface area (Å²) in [6.07, 6.45) is 5.85. The normalized spacial score (nSPS) is 16.8. The molecule has 0 saturated heterocycles. The molecule has 1 aliphatic rings. The fraction of sp³-hybridized carbons (Fsp3) is 0.750. The number of aryl methyl sites for hydroxylation is 2. The fourth-order valence-electron chi connectivity index (χ4n) is 2.60. The average Bonchev–Trinajstić information content (AvgIpc) is 2.67. The number of nitro groups is 1. The van der Waals surface area contributed by atoms with Crippen LogP contribution in [-0.4, -0.2) is 20.7 Å². The maximum atomic E-state index is 11.1. The van der Waals surface area contributed by atoms with Crippen molar-refractivity contribution in [2.45, 2.75) is 58.5 Å². The van der Waals surface area contributed by atoms with Gasteiger partial charge in [0.15, 0.2) is 0 Å². The molecule has 0 aromatic carbocycles. The topological polar surface area (TPSA) is 73.0 Å². The molecule has 1 saturated carbocycles. The highest BCUT2D eigenvalue weighted by molar-refractivity contribution is 5.60. The van der Waals surface area contributed by atoms with Crippen LogP contribution in [0.1, 0.15) is 44.7 Å². The van der Waals surface area contributed by atoms with Gasteiger partial charge in [0.05, 0.1) is 4.92 Å². The van der Waals surface area contributed by atoms with Gasteiger partial charge in [0.2, 0.25) is 5.82 Å². The lowest BCUT2D eigenvalue weighted by atomic mass is 9.95. The molecule has 1 N–H and O–H groups in total. The first-order chi connectivity index (χ1) is 8.63. The highest BCUT2D eigenvalue weighted by atomic mass is 16.6. The van der Waals surface area contributed by atoms with Gasteiger partial charge in [-0.3, -0.25) is 10.1 Å². The summed E-state index contributed by atoms with van der Waals surface area (Å²) >= 11 is 0. The zero-order chi connectivity index (χ0) is 13.1. The minimum atomic E-state index is -0.334. The van der Waals surface area contributed by atoms with E-state index in [1.807, 2.05) is 6.92 Å². The number of anilines is 1. The highest BCUT2D eigenvalue weighted by Crippen LogP contribution is 2.31. The van der Waals surface area contributed by atoms with E-state index in [0.29, 0.717) is 24.1 Å². The average molecular weight is 252 g/mol. The predicted molar refractivity (Wildman–Crippen MR) is 69.8 cm³/mol. The van der Waals surface area contributed by atoms with E-state index in [1.54, 1.807) is 11.6 Å². The molecule has 0 aliphatic heterocycles. The van der Waals surface area contributed by atoms with Gasteiger partial charge in [-0.15, -0.1) is 0 Å². The van der Waals surface area contributed by atoms with E-state index in [-0.39, 0.29) is 10.6 Å². The van der Waals surface area contributed by atoms with Crippen molar-refractivity contribution in [2.24, 2.45) is 0 Å². The largest absolute Gasteiger partial charge is 0.362 e. The van der Waals surface area contributed by atoms with E-state index in [1.165, 1.54) is 19.3 Å². The highest BCUT2D eigenvalue weighted by Gasteiger charge is 2.27. The van der Waals surface area contributed by atoms with Crippen LogP contribution in [0.3, 0.4) is 0 Å². The zero-order valence-corrected chi connectivity index (χ0v) is 11.0. The lowest BCUT2D eigenvalue weighted by molar-refractivity contribution is -0.384. The summed E-state index contributed by atoms with van der Waals surface area (Å²) in [5.41, 5.74) is 0.614. The molecule has 1 heterocycles. The number of hydrogen-bond acceptors (Lipinski definition) is 4. The predicted octanol–water partition coefficient (Wildman–Crippen LogP) is 2.86. The summed E-state index contributed by atoms with van der Waals surface area (Å²) in [6.45, 7) is 4.28. The Morgan fingerprint density at radius 1 is 1.44 bits per heavy atom. The summed E-state index contributed by atoms with van der Waals surface area (Å²) in [5, 5.41) is 18.7. The first kappa shape index (κ1) is 12.9. The number of aromatic nitrogens is 2. The third kappa shape index (κ3) is 2.47. The van der Waals surface area contributed by atoms with Gasteiger partial charge in [0.25, 0.3) is 0 Å². The standard InChI is InChI=1S/C12H20N4O2/c1-3-15-12(11(16(17)18)9(2)14-15)13-10-7-5-4-6-8-10/h10,13H,3-8H2,1-2H3. The minimum absolute atomic E-state index is 0.127. The Kier molecular flexibility index (Phi) is 3.84. The Balaban J connectivity index is 2.26. The van der Waals surface area contributed by atoms with Gasteiger partial charge in [-0.05, 0) is 26.7 Å². The molecule has 18 heavy (non-hydrogen) atoms. The first-order valence-corrected chi connectivity index (χ1v) is 6.61. The van der Waals surface area contributed by atoms with E-state index >= 15 is 0 Å². The van der Waals surface area contributed by atoms with Crippen molar-refractivity contribution in [1.29, 1.82) is 0 Å². The van der Waals surface area contributed by atoms with Crippen molar-refractivity contribution < 1.29 is 4.92 Å². The van der Waals surface area contributed by atoms with Crippen molar-refractivity contribution >= 4 is 11.5 Å². The number of hydrogen-bond donors (Lipinski definition) is 1. The molecule has 0 amide bonds. The second-order valence-electron chi connectivity index (χ2n) is 4.83. The Morgan fingerprint density at radius 2 is 2.11 bits per heavy atom. The van der Waals surface area contributed by atoms with Gasteiger partial charge in [-0.1, -0.05) is 19.3 Å². The van der Waals surface area contributed by atoms with Crippen LogP contribution in [0.4, 0.5) is 11.5 Å². The molecule has 0 spiro atoms. The zero-order valence-electron chi connectivity index (χ0n) is 11.0. The van der Waals surface area contributed by atoms with Gasteiger partial charge < -0.3 is 5.32 Å². The van der Waals surface area contributed by atoms with Crippen LogP contribution >= 0.6 is 0 Å². The van der Waals surface area contributed by atoms with Crippen molar-refractivity contribution in [3.8, 4) is 0 Å². The van der Waals surface area contributed by atoms with Crippen molar-refractivity contribution in [3.05, 3.63) is 15.8 Å². The SMILES string of the molecule is CCn1nc(C)c([N+](=O)[O-])c1NC1CCCCC1. The van der Waals surface area contributed by atoms with Gasteiger partial charge in [-0.2, -0.15) is 5.10 Å². The second kappa shape index (κ2) is 5.37. The molecule has 100 valence electrons. The summed E-state index contributed by atoms with van der Waals surface area (Å²) in [6, 6.07) is 0.346. The molecule has 1 aromatic rings. The monoisotopic (exact) mass is 252 g/mol. The molecule has 6 nitrogen and oxygen atoms in total. The van der Waals surface area contributed by atoms with Crippen molar-refractivity contribution in [3.63, 3.8) is 0 Å². The molecule has 1 aromatic heterocycles. The molecular weight excluding hydrogens is 232 g/mol. The summed E-state index contributed by atoms with van der Waals surface area (Å²) in [7, 11) is 0. The van der Waals surface area contributed by atoms with Gasteiger partial charge in [-0.25, -0.2) is 4.68 Å². The van der Waals surface area contributed by atoms with Crippen LogP contribution < -0.4 is 5.32 Å². The lowest BCUT2D eigenvalue weighted by Crippen LogP contribution is -2.24. The summed E-state index contributed by atoms with van der Waals surface area (Å²) in [5.74, 6) is 0.576. The van der Waals surface area contributed by atoms with Crippen LogP contribution in [0, 0.1) is 17.0 Å². The third-order valence-electron chi connectivity index (χ3n) is 3.52. The van der Waals surface area contributed by atoms with E-state index in [2.05, 4.69) is 10.4 Å². The van der Waals surface area contributed by atoms with Gasteiger partial charge in [0, 0.05) is 12.6 Å². The van der Waals surface area contributed by atoms with E-state index < -0.39 is 0 Å². The Hall–Kier alpha value is -1.59. The minimum Gasteiger partial charge on any atom is -0.362 e. The molecule has 6 heteroatoms. The van der Waals surface area contributed by atoms with E-state index in [9.17, 15) is 10.1 Å². The molecule has 0 bridgehead atoms. The molecule has 0 unspecified atom stereocenters. The summed E-state index contributed by atoms with van der Waals surface area (Å²) in [4.78, 5) is 10.8. The van der Waals surface area contributed by atoms with Crippen LogP contribution in [0.15, 0.2) is 0 Å². The van der Waals surface area contributed by atoms with Crippen molar-refractivity contribution in [2.75, 3.05) is 5.32 Å². The van der Waals surface area contributed by atoms with E-state index in [0.717, 1.165) is 12.8 Å². The fourth-order valence-corrected chi connectivity index (χ4v) is 2.60. The lowest BCUT2D eigenvalue weighted by Gasteiger charge is -2.23. The van der Waals surface area contributed by atoms with Gasteiger partial charge >= 0.3 is 5.69 Å². The van der Waals surface area contributed by atoms with Crippen LogP contribution in [-0.2, 0) is 6.54 Å². The van der Waals surface area contributed by atoms with Crippen molar-refractivity contribution in [1.82, 2.24) is 9.78 Å². The first-order valence-electron chi connectivity index (χ1n) is 6.61. The second-order valence-corrected chi connectivity index (χ2v) is 4.83. The van der Waals surface area contributed by atoms with Crippen LogP contribution in [0.2, 0.25) is 0 Å². The maximum absolute atomic E-state index is 11.1. The molecule has 0 atom stereocenters. The smallest absolute Gasteiger partial charge is 0.333 e. The molecule has 2 rings (SSSR count). The number of nitrogens with one attached hydrogen (secondary N) is 1. The molecular formula is C12H20N4O2. The molecule has 1 aliphatic carbocycles. The Morgan fingerprint density at radius 3 is 2.67 bits per heavy atom. The third-order valence-corrected chi connectivity index (χ3v) is 3.52. The molecule has 0 radical (unpaired) electrons. The van der Waals surface area contributed by atoms with Crippen LogP contribution in [0.25, 0.3) is 0 Å². The van der Waals surface area contributed by atoms with Crippen LogP contribution in [0.5, 0.6) is 0 Å². The quantitative estimate of drug-likeness (QED) is 0.660. The maximum Gasteiger partial charge on any atom is 0.333 e. The van der Waals surface area contributed by atoms with E-state index in [4.69, 9.17) is 0 Å². The Labute approximate surface area is 107 Å². The Bertz CT molecular complexity index is 436.